The van der Waals surface area contributed by atoms with Crippen molar-refractivity contribution < 1.29 is 17.9 Å². The van der Waals surface area contributed by atoms with Crippen LogP contribution in [0.5, 0.6) is 11.5 Å². The standard InChI is InChI=1S/C21H19BrO4S/c1-25-19-9-7-16(8-10-19)14-26-20-11-18(22)12-21(13-20)27(23,24)15-17-5-3-2-4-6-17/h2-13H,14-15H2,1H3. The maximum Gasteiger partial charge on any atom is 0.182 e. The summed E-state index contributed by atoms with van der Waals surface area (Å²) in [5.41, 5.74) is 1.71. The van der Waals surface area contributed by atoms with Gasteiger partial charge in [-0.05, 0) is 41.5 Å². The average Bonchev–Trinajstić information content (AvgIpc) is 2.67. The van der Waals surface area contributed by atoms with Crippen molar-refractivity contribution in [3.05, 3.63) is 88.4 Å². The zero-order valence-electron chi connectivity index (χ0n) is 14.8. The van der Waals surface area contributed by atoms with E-state index in [0.29, 0.717) is 16.8 Å². The van der Waals surface area contributed by atoms with Gasteiger partial charge in [0.25, 0.3) is 0 Å². The van der Waals surface area contributed by atoms with Crippen molar-refractivity contribution in [3.8, 4) is 11.5 Å². The molecule has 0 saturated heterocycles. The third-order valence-electron chi connectivity index (χ3n) is 3.97. The Hall–Kier alpha value is -2.31. The lowest BCUT2D eigenvalue weighted by molar-refractivity contribution is 0.305. The molecule has 0 N–H and O–H groups in total. The summed E-state index contributed by atoms with van der Waals surface area (Å²) in [6.07, 6.45) is 0. The number of hydrogen-bond acceptors (Lipinski definition) is 4. The molecule has 0 amide bonds. The molecule has 3 rings (SSSR count). The fourth-order valence-corrected chi connectivity index (χ4v) is 4.59. The van der Waals surface area contributed by atoms with E-state index in [0.717, 1.165) is 16.9 Å². The van der Waals surface area contributed by atoms with Crippen LogP contribution in [0.4, 0.5) is 0 Å². The van der Waals surface area contributed by atoms with Crippen LogP contribution in [0, 0.1) is 0 Å². The Labute approximate surface area is 167 Å². The molecule has 0 atom stereocenters. The second-order valence-corrected chi connectivity index (χ2v) is 8.91. The largest absolute Gasteiger partial charge is 0.497 e. The topological polar surface area (TPSA) is 52.6 Å². The van der Waals surface area contributed by atoms with Crippen molar-refractivity contribution in [1.82, 2.24) is 0 Å². The second kappa shape index (κ2) is 8.59. The molecule has 0 aliphatic heterocycles. The summed E-state index contributed by atoms with van der Waals surface area (Å²) in [7, 11) is -1.86. The lowest BCUT2D eigenvalue weighted by Crippen LogP contribution is -2.06. The first-order chi connectivity index (χ1) is 13.0. The van der Waals surface area contributed by atoms with Crippen molar-refractivity contribution in [2.45, 2.75) is 17.3 Å². The summed E-state index contributed by atoms with van der Waals surface area (Å²) in [5.74, 6) is 1.21. The van der Waals surface area contributed by atoms with Gasteiger partial charge < -0.3 is 9.47 Å². The summed E-state index contributed by atoms with van der Waals surface area (Å²) in [5, 5.41) is 0. The summed E-state index contributed by atoms with van der Waals surface area (Å²) in [6, 6.07) is 21.6. The van der Waals surface area contributed by atoms with Gasteiger partial charge in [-0.3, -0.25) is 0 Å². The lowest BCUT2D eigenvalue weighted by atomic mass is 10.2. The van der Waals surface area contributed by atoms with Crippen LogP contribution in [-0.4, -0.2) is 15.5 Å². The van der Waals surface area contributed by atoms with E-state index in [1.54, 1.807) is 37.4 Å². The number of rotatable bonds is 7. The average molecular weight is 447 g/mol. The Morgan fingerprint density at radius 3 is 2.22 bits per heavy atom. The van der Waals surface area contributed by atoms with Gasteiger partial charge in [-0.2, -0.15) is 0 Å². The van der Waals surface area contributed by atoms with E-state index in [2.05, 4.69) is 15.9 Å². The van der Waals surface area contributed by atoms with Gasteiger partial charge in [0.05, 0.1) is 17.8 Å². The molecule has 3 aromatic rings. The molecule has 0 radical (unpaired) electrons. The Kier molecular flexibility index (Phi) is 6.19. The Bertz CT molecular complexity index is 1000. The van der Waals surface area contributed by atoms with Crippen LogP contribution in [0.15, 0.2) is 82.2 Å². The molecular formula is C21H19BrO4S. The van der Waals surface area contributed by atoms with Gasteiger partial charge >= 0.3 is 0 Å². The molecule has 140 valence electrons. The number of hydrogen-bond donors (Lipinski definition) is 0. The number of methoxy groups -OCH3 is 1. The Morgan fingerprint density at radius 2 is 1.56 bits per heavy atom. The van der Waals surface area contributed by atoms with Crippen molar-refractivity contribution >= 4 is 25.8 Å². The molecule has 0 aliphatic carbocycles. The number of benzene rings is 3. The fraction of sp³-hybridized carbons (Fsp3) is 0.143. The van der Waals surface area contributed by atoms with Gasteiger partial charge in [0.1, 0.15) is 18.1 Å². The first-order valence-corrected chi connectivity index (χ1v) is 10.7. The lowest BCUT2D eigenvalue weighted by Gasteiger charge is -2.11. The molecule has 0 heterocycles. The van der Waals surface area contributed by atoms with E-state index in [1.165, 1.54) is 0 Å². The summed E-state index contributed by atoms with van der Waals surface area (Å²) >= 11 is 3.38. The summed E-state index contributed by atoms with van der Waals surface area (Å²) in [4.78, 5) is 0.227. The minimum Gasteiger partial charge on any atom is -0.497 e. The van der Waals surface area contributed by atoms with Crippen molar-refractivity contribution in [2.24, 2.45) is 0 Å². The minimum atomic E-state index is -3.48. The molecule has 0 spiro atoms. The highest BCUT2D eigenvalue weighted by Gasteiger charge is 2.17. The SMILES string of the molecule is COc1ccc(COc2cc(Br)cc(S(=O)(=O)Cc3ccccc3)c2)cc1. The van der Waals surface area contributed by atoms with Crippen LogP contribution in [0.1, 0.15) is 11.1 Å². The van der Waals surface area contributed by atoms with Crippen molar-refractivity contribution in [3.63, 3.8) is 0 Å². The Morgan fingerprint density at radius 1 is 0.852 bits per heavy atom. The van der Waals surface area contributed by atoms with Crippen LogP contribution >= 0.6 is 15.9 Å². The van der Waals surface area contributed by atoms with Gasteiger partial charge in [-0.25, -0.2) is 8.42 Å². The normalized spacial score (nSPS) is 11.2. The highest BCUT2D eigenvalue weighted by Crippen LogP contribution is 2.27. The van der Waals surface area contributed by atoms with Crippen molar-refractivity contribution in [2.75, 3.05) is 7.11 Å². The van der Waals surface area contributed by atoms with Crippen LogP contribution in [0.2, 0.25) is 0 Å². The van der Waals surface area contributed by atoms with E-state index in [-0.39, 0.29) is 10.6 Å². The van der Waals surface area contributed by atoms with Crippen LogP contribution in [0.25, 0.3) is 0 Å². The maximum absolute atomic E-state index is 12.8. The van der Waals surface area contributed by atoms with Gasteiger partial charge in [-0.1, -0.05) is 58.4 Å². The molecule has 0 saturated carbocycles. The van der Waals surface area contributed by atoms with Crippen LogP contribution in [0.3, 0.4) is 0 Å². The van der Waals surface area contributed by atoms with Gasteiger partial charge in [0, 0.05) is 4.47 Å². The number of sulfone groups is 1. The summed E-state index contributed by atoms with van der Waals surface area (Å²) < 4.78 is 37.1. The zero-order chi connectivity index (χ0) is 19.3. The molecule has 27 heavy (non-hydrogen) atoms. The predicted octanol–water partition coefficient (Wildman–Crippen LogP) is 5.01. The quantitative estimate of drug-likeness (QED) is 0.511. The van der Waals surface area contributed by atoms with E-state index in [9.17, 15) is 8.42 Å². The van der Waals surface area contributed by atoms with Crippen LogP contribution in [-0.2, 0) is 22.2 Å². The van der Waals surface area contributed by atoms with Crippen LogP contribution < -0.4 is 9.47 Å². The number of halogens is 1. The van der Waals surface area contributed by atoms with E-state index in [1.807, 2.05) is 42.5 Å². The summed E-state index contributed by atoms with van der Waals surface area (Å²) in [6.45, 7) is 0.332. The molecule has 4 nitrogen and oxygen atoms in total. The van der Waals surface area contributed by atoms with Gasteiger partial charge in [0.15, 0.2) is 9.84 Å². The first kappa shape index (κ1) is 19.5. The monoisotopic (exact) mass is 446 g/mol. The van der Waals surface area contributed by atoms with E-state index >= 15 is 0 Å². The third-order valence-corrected chi connectivity index (χ3v) is 6.09. The zero-order valence-corrected chi connectivity index (χ0v) is 17.2. The molecule has 0 bridgehead atoms. The Balaban J connectivity index is 1.77. The predicted molar refractivity (Wildman–Crippen MR) is 109 cm³/mol. The molecular weight excluding hydrogens is 428 g/mol. The second-order valence-electron chi connectivity index (χ2n) is 6.00. The maximum atomic E-state index is 12.8. The van der Waals surface area contributed by atoms with Crippen molar-refractivity contribution in [1.29, 1.82) is 0 Å². The van der Waals surface area contributed by atoms with E-state index in [4.69, 9.17) is 9.47 Å². The third kappa shape index (κ3) is 5.34. The molecule has 0 fully saturated rings. The van der Waals surface area contributed by atoms with E-state index < -0.39 is 9.84 Å². The number of ether oxygens (including phenoxy) is 2. The molecule has 3 aromatic carbocycles. The van der Waals surface area contributed by atoms with Gasteiger partial charge in [0.2, 0.25) is 0 Å². The minimum absolute atomic E-state index is 0.0534. The molecule has 0 unspecified atom stereocenters. The fourth-order valence-electron chi connectivity index (χ4n) is 2.57. The smallest absolute Gasteiger partial charge is 0.182 e. The molecule has 0 aliphatic rings. The first-order valence-electron chi connectivity index (χ1n) is 8.29. The van der Waals surface area contributed by atoms with Gasteiger partial charge in [-0.15, -0.1) is 0 Å². The highest BCUT2D eigenvalue weighted by molar-refractivity contribution is 9.10. The highest BCUT2D eigenvalue weighted by atomic mass is 79.9. The molecule has 0 aromatic heterocycles. The molecule has 6 heteroatoms.